The van der Waals surface area contributed by atoms with Crippen molar-refractivity contribution in [2.45, 2.75) is 13.5 Å². The molecule has 0 aliphatic carbocycles. The Labute approximate surface area is 108 Å². The van der Waals surface area contributed by atoms with Crippen LogP contribution >= 0.6 is 0 Å². The third kappa shape index (κ3) is 2.20. The van der Waals surface area contributed by atoms with E-state index in [9.17, 15) is 0 Å². The summed E-state index contributed by atoms with van der Waals surface area (Å²) in [4.78, 5) is 12.7. The minimum Gasteiger partial charge on any atom is -0.444 e. The summed E-state index contributed by atoms with van der Waals surface area (Å²) in [5.74, 6) is 7.89. The molecule has 0 aliphatic rings. The van der Waals surface area contributed by atoms with Crippen LogP contribution in [0, 0.1) is 6.92 Å². The van der Waals surface area contributed by atoms with Gasteiger partial charge in [-0.15, -0.1) is 0 Å². The highest BCUT2D eigenvalue weighted by Gasteiger charge is 2.08. The average Bonchev–Trinajstić information content (AvgIpc) is 3.04. The number of anilines is 2. The number of nitrogen functional groups attached to an aromatic ring is 1. The summed E-state index contributed by atoms with van der Waals surface area (Å²) in [5, 5.41) is 3.13. The molecule has 98 valence electrons. The molecule has 3 aromatic heterocycles. The predicted molar refractivity (Wildman–Crippen MR) is 69.4 cm³/mol. The Kier molecular flexibility index (Phi) is 2.76. The van der Waals surface area contributed by atoms with E-state index in [0.29, 0.717) is 29.7 Å². The van der Waals surface area contributed by atoms with Crippen LogP contribution < -0.4 is 16.6 Å². The first kappa shape index (κ1) is 11.5. The molecule has 0 amide bonds. The highest BCUT2D eigenvalue weighted by atomic mass is 16.4. The molecule has 0 saturated carbocycles. The van der Waals surface area contributed by atoms with Crippen LogP contribution in [0.2, 0.25) is 0 Å². The second-order valence-electron chi connectivity index (χ2n) is 4.00. The topological polar surface area (TPSA) is 106 Å². The lowest BCUT2D eigenvalue weighted by Gasteiger charge is -2.07. The number of hydrazine groups is 1. The minimum atomic E-state index is 0.428. The Morgan fingerprint density at radius 2 is 2.32 bits per heavy atom. The van der Waals surface area contributed by atoms with E-state index in [1.54, 1.807) is 18.6 Å². The van der Waals surface area contributed by atoms with Gasteiger partial charge in [-0.3, -0.25) is 0 Å². The first-order chi connectivity index (χ1) is 9.26. The fraction of sp³-hybridized carbons (Fsp3) is 0.182. The van der Waals surface area contributed by atoms with Gasteiger partial charge in [0.05, 0.1) is 18.9 Å². The fourth-order valence-electron chi connectivity index (χ4n) is 1.76. The number of nitrogens with zero attached hydrogens (tertiary/aromatic N) is 4. The third-order valence-corrected chi connectivity index (χ3v) is 2.60. The number of nitrogens with two attached hydrogens (primary N) is 1. The van der Waals surface area contributed by atoms with Crippen LogP contribution in [0.1, 0.15) is 11.7 Å². The molecule has 3 heterocycles. The van der Waals surface area contributed by atoms with Crippen LogP contribution in [-0.4, -0.2) is 19.4 Å². The molecule has 0 aromatic carbocycles. The van der Waals surface area contributed by atoms with E-state index >= 15 is 0 Å². The van der Waals surface area contributed by atoms with Gasteiger partial charge in [-0.25, -0.2) is 20.8 Å². The maximum Gasteiger partial charge on any atom is 0.213 e. The van der Waals surface area contributed by atoms with Gasteiger partial charge in [0.25, 0.3) is 0 Å². The summed E-state index contributed by atoms with van der Waals surface area (Å²) in [6.07, 6.45) is 6.94. The number of nitrogens with one attached hydrogen (secondary N) is 2. The normalized spacial score (nSPS) is 10.8. The second kappa shape index (κ2) is 4.58. The van der Waals surface area contributed by atoms with Crippen molar-refractivity contribution in [2.24, 2.45) is 5.84 Å². The maximum atomic E-state index is 5.39. The lowest BCUT2D eigenvalue weighted by atomic mass is 10.5. The average molecular weight is 259 g/mol. The van der Waals surface area contributed by atoms with Crippen molar-refractivity contribution < 1.29 is 4.42 Å². The zero-order valence-corrected chi connectivity index (χ0v) is 10.3. The maximum absolute atomic E-state index is 5.39. The Morgan fingerprint density at radius 3 is 3.05 bits per heavy atom. The number of aryl methyl sites for hydroxylation is 1. The van der Waals surface area contributed by atoms with Crippen molar-refractivity contribution in [3.05, 3.63) is 36.4 Å². The number of hydrogen-bond acceptors (Lipinski definition) is 7. The number of fused-ring (bicyclic) bond motifs is 1. The first-order valence-corrected chi connectivity index (χ1v) is 5.72. The van der Waals surface area contributed by atoms with Gasteiger partial charge < -0.3 is 19.6 Å². The quantitative estimate of drug-likeness (QED) is 0.472. The van der Waals surface area contributed by atoms with E-state index in [1.807, 2.05) is 17.5 Å². The largest absolute Gasteiger partial charge is 0.444 e. The van der Waals surface area contributed by atoms with Crippen molar-refractivity contribution in [2.75, 3.05) is 10.7 Å². The van der Waals surface area contributed by atoms with Gasteiger partial charge in [-0.05, 0) is 6.92 Å². The van der Waals surface area contributed by atoms with Crippen LogP contribution in [0.3, 0.4) is 0 Å². The fourth-order valence-corrected chi connectivity index (χ4v) is 1.76. The molecule has 0 fully saturated rings. The van der Waals surface area contributed by atoms with Gasteiger partial charge in [0.1, 0.15) is 5.76 Å². The van der Waals surface area contributed by atoms with Crippen molar-refractivity contribution in [3.8, 4) is 0 Å². The SMILES string of the molecule is Cc1cnc(CNc2nc(NN)cn3ccnc23)o1. The zero-order chi connectivity index (χ0) is 13.2. The lowest BCUT2D eigenvalue weighted by molar-refractivity contribution is 0.479. The molecule has 3 rings (SSSR count). The van der Waals surface area contributed by atoms with E-state index in [-0.39, 0.29) is 0 Å². The molecule has 0 atom stereocenters. The van der Waals surface area contributed by atoms with Gasteiger partial charge in [0.2, 0.25) is 5.89 Å². The monoisotopic (exact) mass is 259 g/mol. The molecule has 0 bridgehead atoms. The molecule has 3 aromatic rings. The summed E-state index contributed by atoms with van der Waals surface area (Å²) >= 11 is 0. The Morgan fingerprint density at radius 1 is 1.42 bits per heavy atom. The van der Waals surface area contributed by atoms with Gasteiger partial charge in [0, 0.05) is 12.4 Å². The molecule has 0 spiro atoms. The summed E-state index contributed by atoms with van der Waals surface area (Å²) in [6, 6.07) is 0. The summed E-state index contributed by atoms with van der Waals surface area (Å²) in [6.45, 7) is 2.28. The standard InChI is InChI=1S/C11H13N7O/c1-7-4-14-9(19-7)5-15-10-11-13-2-3-18(11)6-8(16-10)17-12/h2-4,6,17H,5,12H2,1H3,(H,15,16). The van der Waals surface area contributed by atoms with Crippen LogP contribution in [0.15, 0.2) is 29.2 Å². The summed E-state index contributed by atoms with van der Waals surface area (Å²) < 4.78 is 7.21. The minimum absolute atomic E-state index is 0.428. The molecule has 8 heteroatoms. The number of aromatic nitrogens is 4. The molecule has 0 aliphatic heterocycles. The molecule has 0 unspecified atom stereocenters. The zero-order valence-electron chi connectivity index (χ0n) is 10.3. The van der Waals surface area contributed by atoms with Gasteiger partial charge >= 0.3 is 0 Å². The van der Waals surface area contributed by atoms with E-state index in [2.05, 4.69) is 25.7 Å². The molecular formula is C11H13N7O. The lowest BCUT2D eigenvalue weighted by Crippen LogP contribution is -2.12. The van der Waals surface area contributed by atoms with E-state index in [4.69, 9.17) is 10.3 Å². The first-order valence-electron chi connectivity index (χ1n) is 5.72. The Bertz CT molecular complexity index is 702. The van der Waals surface area contributed by atoms with E-state index in [0.717, 1.165) is 5.76 Å². The van der Waals surface area contributed by atoms with Gasteiger partial charge in [-0.2, -0.15) is 0 Å². The molecule has 8 nitrogen and oxygen atoms in total. The highest BCUT2D eigenvalue weighted by molar-refractivity contribution is 5.65. The number of hydrogen-bond donors (Lipinski definition) is 3. The molecule has 19 heavy (non-hydrogen) atoms. The third-order valence-electron chi connectivity index (χ3n) is 2.60. The molecule has 0 radical (unpaired) electrons. The number of oxazole rings is 1. The summed E-state index contributed by atoms with van der Waals surface area (Å²) in [5.41, 5.74) is 3.22. The molecule has 0 saturated heterocycles. The second-order valence-corrected chi connectivity index (χ2v) is 4.00. The van der Waals surface area contributed by atoms with Crippen molar-refractivity contribution in [3.63, 3.8) is 0 Å². The van der Waals surface area contributed by atoms with E-state index < -0.39 is 0 Å². The van der Waals surface area contributed by atoms with E-state index in [1.165, 1.54) is 0 Å². The number of rotatable bonds is 4. The molecular weight excluding hydrogens is 246 g/mol. The van der Waals surface area contributed by atoms with Gasteiger partial charge in [0.15, 0.2) is 17.3 Å². The highest BCUT2D eigenvalue weighted by Crippen LogP contribution is 2.16. The molecule has 4 N–H and O–H groups in total. The Hall–Kier alpha value is -2.61. The van der Waals surface area contributed by atoms with Crippen LogP contribution in [-0.2, 0) is 6.54 Å². The van der Waals surface area contributed by atoms with Gasteiger partial charge in [-0.1, -0.05) is 0 Å². The number of imidazole rings is 1. The van der Waals surface area contributed by atoms with Crippen LogP contribution in [0.4, 0.5) is 11.6 Å². The predicted octanol–water partition coefficient (Wildman–Crippen LogP) is 0.923. The summed E-state index contributed by atoms with van der Waals surface area (Å²) in [7, 11) is 0. The van der Waals surface area contributed by atoms with Crippen LogP contribution in [0.25, 0.3) is 5.65 Å². The van der Waals surface area contributed by atoms with Crippen molar-refractivity contribution >= 4 is 17.3 Å². The van der Waals surface area contributed by atoms with Crippen molar-refractivity contribution in [1.82, 2.24) is 19.4 Å². The van der Waals surface area contributed by atoms with Crippen molar-refractivity contribution in [1.29, 1.82) is 0 Å². The Balaban J connectivity index is 1.88. The smallest absolute Gasteiger partial charge is 0.213 e. The van der Waals surface area contributed by atoms with Crippen LogP contribution in [0.5, 0.6) is 0 Å².